The molecule has 12 heteroatoms. The first-order valence-electron chi connectivity index (χ1n) is 13.7. The van der Waals surface area contributed by atoms with Crippen LogP contribution in [0.2, 0.25) is 0 Å². The van der Waals surface area contributed by atoms with E-state index in [0.717, 1.165) is 6.92 Å². The number of amides is 1. The molecule has 0 spiro atoms. The number of hydrogen-bond acceptors (Lipinski definition) is 10. The minimum absolute atomic E-state index is 0.0658. The van der Waals surface area contributed by atoms with Gasteiger partial charge in [0.15, 0.2) is 11.5 Å². The second kappa shape index (κ2) is 14.9. The molecule has 234 valence electrons. The van der Waals surface area contributed by atoms with Crippen molar-refractivity contribution in [1.82, 2.24) is 5.32 Å². The van der Waals surface area contributed by atoms with Crippen LogP contribution in [0.15, 0.2) is 97.1 Å². The molecule has 4 rings (SSSR count). The first-order valence-corrected chi connectivity index (χ1v) is 13.7. The molecular weight excluding hydrogens is 598 g/mol. The van der Waals surface area contributed by atoms with E-state index in [-0.39, 0.29) is 51.7 Å². The topological polar surface area (TPSA) is 172 Å². The van der Waals surface area contributed by atoms with Gasteiger partial charge in [-0.1, -0.05) is 48.5 Å². The molecule has 46 heavy (non-hydrogen) atoms. The van der Waals surface area contributed by atoms with Crippen LogP contribution >= 0.6 is 0 Å². The average Bonchev–Trinajstić information content (AvgIpc) is 3.02. The molecule has 0 bridgehead atoms. The molecule has 1 amide bonds. The minimum Gasteiger partial charge on any atom is -0.480 e. The summed E-state index contributed by atoms with van der Waals surface area (Å²) >= 11 is 0. The van der Waals surface area contributed by atoms with Crippen LogP contribution in [0.5, 0.6) is 23.0 Å². The molecule has 0 fully saturated rings. The van der Waals surface area contributed by atoms with Gasteiger partial charge >= 0.3 is 29.8 Å². The highest BCUT2D eigenvalue weighted by Gasteiger charge is 2.25. The van der Waals surface area contributed by atoms with Crippen LogP contribution in [0.25, 0.3) is 0 Å². The standard InChI is InChI=1S/C34H27NO11/c1-20(36)43-27-14-8-6-12-24(27)33(41)45-29-17-16-22(18-26(32(39)40)35-31(38)23-10-4-3-5-11-23)19-30(29)46-34(42)25-13-7-9-15-28(25)44-21(2)37/h3-17,19,26H,18H2,1-2H3,(H,35,38)(H,39,40)/t26-/m0/s1. The van der Waals surface area contributed by atoms with Crippen LogP contribution in [-0.4, -0.2) is 46.9 Å². The molecule has 0 saturated carbocycles. The lowest BCUT2D eigenvalue weighted by Gasteiger charge is -2.17. The molecule has 4 aromatic carbocycles. The summed E-state index contributed by atoms with van der Waals surface area (Å²) in [6, 6.07) is 22.3. The summed E-state index contributed by atoms with van der Waals surface area (Å²) in [5, 5.41) is 12.3. The molecule has 12 nitrogen and oxygen atoms in total. The third-order valence-corrected chi connectivity index (χ3v) is 6.21. The predicted molar refractivity (Wildman–Crippen MR) is 161 cm³/mol. The highest BCUT2D eigenvalue weighted by Crippen LogP contribution is 2.32. The lowest BCUT2D eigenvalue weighted by atomic mass is 10.0. The Balaban J connectivity index is 1.67. The lowest BCUT2D eigenvalue weighted by molar-refractivity contribution is -0.139. The second-order valence-electron chi connectivity index (χ2n) is 9.67. The maximum Gasteiger partial charge on any atom is 0.347 e. The fourth-order valence-corrected chi connectivity index (χ4v) is 4.18. The van der Waals surface area contributed by atoms with E-state index in [2.05, 4.69) is 5.32 Å². The van der Waals surface area contributed by atoms with Crippen LogP contribution in [0, 0.1) is 0 Å². The van der Waals surface area contributed by atoms with Crippen molar-refractivity contribution in [3.63, 3.8) is 0 Å². The third-order valence-electron chi connectivity index (χ3n) is 6.21. The molecule has 4 aromatic rings. The predicted octanol–water partition coefficient (Wildman–Crippen LogP) is 4.40. The van der Waals surface area contributed by atoms with Gasteiger partial charge in [-0.15, -0.1) is 0 Å². The monoisotopic (exact) mass is 625 g/mol. The Morgan fingerprint density at radius 2 is 1.11 bits per heavy atom. The van der Waals surface area contributed by atoms with Gasteiger partial charge in [0.25, 0.3) is 5.91 Å². The molecule has 0 aliphatic rings. The van der Waals surface area contributed by atoms with Gasteiger partial charge in [0.2, 0.25) is 0 Å². The number of esters is 4. The number of nitrogens with one attached hydrogen (secondary N) is 1. The number of carboxylic acids is 1. The van der Waals surface area contributed by atoms with Crippen molar-refractivity contribution in [2.75, 3.05) is 0 Å². The number of para-hydroxylation sites is 2. The number of rotatable bonds is 11. The van der Waals surface area contributed by atoms with Crippen LogP contribution in [0.3, 0.4) is 0 Å². The highest BCUT2D eigenvalue weighted by molar-refractivity contribution is 5.98. The molecule has 0 heterocycles. The van der Waals surface area contributed by atoms with Crippen LogP contribution in [-0.2, 0) is 20.8 Å². The molecule has 0 unspecified atom stereocenters. The zero-order valence-electron chi connectivity index (χ0n) is 24.6. The molecule has 0 aromatic heterocycles. The number of benzene rings is 4. The molecule has 0 saturated heterocycles. The largest absolute Gasteiger partial charge is 0.480 e. The Morgan fingerprint density at radius 1 is 0.609 bits per heavy atom. The molecule has 2 N–H and O–H groups in total. The Kier molecular flexibility index (Phi) is 10.6. The van der Waals surface area contributed by atoms with Gasteiger partial charge < -0.3 is 29.4 Å². The van der Waals surface area contributed by atoms with Crippen molar-refractivity contribution in [2.45, 2.75) is 26.3 Å². The second-order valence-corrected chi connectivity index (χ2v) is 9.67. The smallest absolute Gasteiger partial charge is 0.347 e. The Morgan fingerprint density at radius 3 is 1.63 bits per heavy atom. The van der Waals surface area contributed by atoms with Crippen molar-refractivity contribution >= 4 is 35.8 Å². The van der Waals surface area contributed by atoms with E-state index in [1.165, 1.54) is 73.7 Å². The number of aliphatic carboxylic acids is 1. The molecule has 0 radical (unpaired) electrons. The molecule has 1 atom stereocenters. The van der Waals surface area contributed by atoms with Crippen molar-refractivity contribution < 1.29 is 52.8 Å². The number of hydrogen-bond donors (Lipinski definition) is 2. The van der Waals surface area contributed by atoms with Crippen molar-refractivity contribution in [1.29, 1.82) is 0 Å². The normalized spacial score (nSPS) is 11.0. The summed E-state index contributed by atoms with van der Waals surface area (Å²) in [5.74, 6) is -5.92. The Bertz CT molecular complexity index is 1800. The van der Waals surface area contributed by atoms with E-state index in [1.807, 2.05) is 0 Å². The molecule has 0 aliphatic carbocycles. The Hall–Kier alpha value is -6.30. The fraction of sp³-hybridized carbons (Fsp3) is 0.118. The minimum atomic E-state index is -1.38. The van der Waals surface area contributed by atoms with Gasteiger partial charge in [-0.3, -0.25) is 14.4 Å². The zero-order chi connectivity index (χ0) is 33.2. The summed E-state index contributed by atoms with van der Waals surface area (Å²) in [4.78, 5) is 74.3. The van der Waals surface area contributed by atoms with Crippen molar-refractivity contribution in [3.8, 4) is 23.0 Å². The number of carboxylic acid groups (broad SMARTS) is 1. The van der Waals surface area contributed by atoms with Gasteiger partial charge in [0.1, 0.15) is 28.7 Å². The van der Waals surface area contributed by atoms with E-state index in [4.69, 9.17) is 18.9 Å². The van der Waals surface area contributed by atoms with Crippen molar-refractivity contribution in [2.24, 2.45) is 0 Å². The van der Waals surface area contributed by atoms with Gasteiger partial charge in [-0.05, 0) is 54.1 Å². The number of carbonyl (C=O) groups excluding carboxylic acids is 5. The van der Waals surface area contributed by atoms with E-state index < -0.39 is 41.8 Å². The SMILES string of the molecule is CC(=O)Oc1ccccc1C(=O)Oc1ccc(C[C@H](NC(=O)c2ccccc2)C(=O)O)cc1OC(=O)c1ccccc1OC(C)=O. The summed E-state index contributed by atoms with van der Waals surface area (Å²) < 4.78 is 21.3. The quantitative estimate of drug-likeness (QED) is 0.179. The van der Waals surface area contributed by atoms with Gasteiger partial charge in [-0.25, -0.2) is 14.4 Å². The first kappa shape index (κ1) is 32.6. The summed E-state index contributed by atoms with van der Waals surface area (Å²) in [5.41, 5.74) is 0.316. The van der Waals surface area contributed by atoms with Crippen LogP contribution in [0.4, 0.5) is 0 Å². The van der Waals surface area contributed by atoms with E-state index in [0.29, 0.717) is 0 Å². The first-order chi connectivity index (χ1) is 22.0. The highest BCUT2D eigenvalue weighted by atomic mass is 16.6. The van der Waals surface area contributed by atoms with E-state index >= 15 is 0 Å². The fourth-order valence-electron chi connectivity index (χ4n) is 4.18. The van der Waals surface area contributed by atoms with Gasteiger partial charge in [-0.2, -0.15) is 0 Å². The van der Waals surface area contributed by atoms with Crippen LogP contribution in [0.1, 0.15) is 50.5 Å². The molecular formula is C34H27NO11. The number of carbonyl (C=O) groups is 6. The van der Waals surface area contributed by atoms with E-state index in [9.17, 15) is 33.9 Å². The maximum atomic E-state index is 13.3. The Labute approximate surface area is 262 Å². The number of ether oxygens (including phenoxy) is 4. The average molecular weight is 626 g/mol. The summed E-state index contributed by atoms with van der Waals surface area (Å²) in [6.45, 7) is 2.32. The van der Waals surface area contributed by atoms with Gasteiger partial charge in [0, 0.05) is 25.8 Å². The summed E-state index contributed by atoms with van der Waals surface area (Å²) in [6.07, 6.45) is -0.244. The van der Waals surface area contributed by atoms with Crippen molar-refractivity contribution in [3.05, 3.63) is 119 Å². The van der Waals surface area contributed by atoms with Crippen LogP contribution < -0.4 is 24.3 Å². The van der Waals surface area contributed by atoms with E-state index in [1.54, 1.807) is 30.3 Å². The third kappa shape index (κ3) is 8.63. The molecule has 0 aliphatic heterocycles. The summed E-state index contributed by atoms with van der Waals surface area (Å²) in [7, 11) is 0. The zero-order valence-corrected chi connectivity index (χ0v) is 24.6. The lowest BCUT2D eigenvalue weighted by Crippen LogP contribution is -2.42. The maximum absolute atomic E-state index is 13.3. The van der Waals surface area contributed by atoms with Gasteiger partial charge in [0.05, 0.1) is 0 Å².